The second kappa shape index (κ2) is 8.67. The second-order valence-electron chi connectivity index (χ2n) is 6.73. The topological polar surface area (TPSA) is 75.0 Å². The highest BCUT2D eigenvalue weighted by Crippen LogP contribution is 2.24. The van der Waals surface area contributed by atoms with Gasteiger partial charge < -0.3 is 14.7 Å². The minimum Gasteiger partial charge on any atom is -0.465 e. The van der Waals surface area contributed by atoms with E-state index in [0.29, 0.717) is 25.5 Å². The number of amides is 1. The first-order valence-corrected chi connectivity index (χ1v) is 9.45. The smallest absolute Gasteiger partial charge is 0.407 e. The van der Waals surface area contributed by atoms with Gasteiger partial charge in [0, 0.05) is 29.4 Å². The number of aromatic nitrogens is 1. The molecule has 1 atom stereocenters. The molecule has 0 saturated carbocycles. The molecule has 1 aromatic heterocycles. The largest absolute Gasteiger partial charge is 0.465 e. The Morgan fingerprint density at radius 2 is 1.66 bits per heavy atom. The number of ether oxygens (including phenoxy) is 1. The molecule has 29 heavy (non-hydrogen) atoms. The molecule has 1 aliphatic heterocycles. The molecule has 3 aromatic rings. The first kappa shape index (κ1) is 18.8. The van der Waals surface area contributed by atoms with Crippen molar-refractivity contribution in [1.29, 1.82) is 0 Å². The molecule has 1 saturated heterocycles. The Morgan fingerprint density at radius 1 is 1.00 bits per heavy atom. The Hall–Kier alpha value is -3.51. The van der Waals surface area contributed by atoms with Crippen LogP contribution in [0, 0.1) is 0 Å². The third-order valence-corrected chi connectivity index (χ3v) is 4.80. The third kappa shape index (κ3) is 4.50. The number of morpholine rings is 1. The highest BCUT2D eigenvalue weighted by Gasteiger charge is 2.25. The predicted octanol–water partition coefficient (Wildman–Crippen LogP) is 4.30. The van der Waals surface area contributed by atoms with Gasteiger partial charge >= 0.3 is 6.09 Å². The summed E-state index contributed by atoms with van der Waals surface area (Å²) in [5, 5.41) is 9.20. The number of carbonyl (C=O) groups is 1. The predicted molar refractivity (Wildman–Crippen MR) is 111 cm³/mol. The average Bonchev–Trinajstić information content (AvgIpc) is 2.79. The van der Waals surface area contributed by atoms with Crippen LogP contribution in [0.2, 0.25) is 0 Å². The van der Waals surface area contributed by atoms with Gasteiger partial charge in [0.15, 0.2) is 5.82 Å². The first-order chi connectivity index (χ1) is 14.2. The van der Waals surface area contributed by atoms with E-state index in [1.165, 1.54) is 4.90 Å². The zero-order chi connectivity index (χ0) is 20.1. The number of hydrogen-bond acceptors (Lipinski definition) is 4. The summed E-state index contributed by atoms with van der Waals surface area (Å²) in [6.07, 6.45) is 0.471. The molecule has 2 heterocycles. The van der Waals surface area contributed by atoms with Crippen molar-refractivity contribution >= 4 is 17.6 Å². The fourth-order valence-electron chi connectivity index (χ4n) is 3.28. The fraction of sp³-hybridized carbons (Fsp3) is 0.174. The number of carboxylic acid groups (broad SMARTS) is 1. The Labute approximate surface area is 169 Å². The first-order valence-electron chi connectivity index (χ1n) is 9.45. The lowest BCUT2D eigenvalue weighted by atomic mass is 10.0. The SMILES string of the molecule is O=C(O)N1CCO[C@@H](c2ccc(N=C(c3ccccc3)c3ccccc3)nc2)C1. The molecule has 1 amide bonds. The lowest BCUT2D eigenvalue weighted by molar-refractivity contribution is -0.0233. The Bertz CT molecular complexity index is 947. The second-order valence-corrected chi connectivity index (χ2v) is 6.73. The van der Waals surface area contributed by atoms with Crippen LogP contribution in [0.1, 0.15) is 22.8 Å². The van der Waals surface area contributed by atoms with E-state index in [1.807, 2.05) is 72.8 Å². The molecule has 146 valence electrons. The zero-order valence-electron chi connectivity index (χ0n) is 15.8. The Kier molecular flexibility index (Phi) is 5.63. The van der Waals surface area contributed by atoms with Crippen molar-refractivity contribution in [3.63, 3.8) is 0 Å². The number of rotatable bonds is 4. The van der Waals surface area contributed by atoms with Crippen LogP contribution in [0.3, 0.4) is 0 Å². The van der Waals surface area contributed by atoms with Crippen molar-refractivity contribution in [2.45, 2.75) is 6.10 Å². The van der Waals surface area contributed by atoms with E-state index < -0.39 is 6.09 Å². The maximum Gasteiger partial charge on any atom is 0.407 e. The maximum absolute atomic E-state index is 11.2. The average molecular weight is 387 g/mol. The summed E-state index contributed by atoms with van der Waals surface area (Å²) < 4.78 is 5.72. The lowest BCUT2D eigenvalue weighted by Gasteiger charge is -2.31. The quantitative estimate of drug-likeness (QED) is 0.677. The Balaban J connectivity index is 1.61. The molecule has 1 N–H and O–H groups in total. The van der Waals surface area contributed by atoms with Gasteiger partial charge in [-0.2, -0.15) is 0 Å². The fourth-order valence-corrected chi connectivity index (χ4v) is 3.28. The van der Waals surface area contributed by atoms with E-state index >= 15 is 0 Å². The van der Waals surface area contributed by atoms with Crippen molar-refractivity contribution in [3.05, 3.63) is 95.7 Å². The van der Waals surface area contributed by atoms with Crippen LogP contribution in [0.4, 0.5) is 10.6 Å². The minimum absolute atomic E-state index is 0.304. The normalized spacial score (nSPS) is 16.3. The van der Waals surface area contributed by atoms with Gasteiger partial charge in [0.2, 0.25) is 0 Å². The molecular formula is C23H21N3O3. The monoisotopic (exact) mass is 387 g/mol. The van der Waals surface area contributed by atoms with E-state index in [0.717, 1.165) is 22.4 Å². The van der Waals surface area contributed by atoms with Crippen molar-refractivity contribution in [1.82, 2.24) is 9.88 Å². The van der Waals surface area contributed by atoms with Gasteiger partial charge in [-0.05, 0) is 6.07 Å². The Morgan fingerprint density at radius 3 is 2.21 bits per heavy atom. The zero-order valence-corrected chi connectivity index (χ0v) is 15.8. The minimum atomic E-state index is -0.928. The molecule has 0 aliphatic carbocycles. The highest BCUT2D eigenvalue weighted by molar-refractivity contribution is 6.13. The molecule has 6 nitrogen and oxygen atoms in total. The molecule has 4 rings (SSSR count). The summed E-state index contributed by atoms with van der Waals surface area (Å²) >= 11 is 0. The number of benzene rings is 2. The van der Waals surface area contributed by atoms with Crippen molar-refractivity contribution < 1.29 is 14.6 Å². The van der Waals surface area contributed by atoms with Gasteiger partial charge in [-0.3, -0.25) is 0 Å². The van der Waals surface area contributed by atoms with E-state index in [1.54, 1.807) is 6.20 Å². The van der Waals surface area contributed by atoms with Crippen molar-refractivity contribution in [2.75, 3.05) is 19.7 Å². The van der Waals surface area contributed by atoms with Crippen LogP contribution < -0.4 is 0 Å². The summed E-state index contributed by atoms with van der Waals surface area (Å²) in [7, 11) is 0. The van der Waals surface area contributed by atoms with Gasteiger partial charge in [-0.15, -0.1) is 0 Å². The van der Waals surface area contributed by atoms with Crippen LogP contribution in [0.25, 0.3) is 0 Å². The molecule has 6 heteroatoms. The maximum atomic E-state index is 11.2. The number of nitrogens with zero attached hydrogens (tertiary/aromatic N) is 3. The third-order valence-electron chi connectivity index (χ3n) is 4.80. The molecular weight excluding hydrogens is 366 g/mol. The molecule has 1 fully saturated rings. The van der Waals surface area contributed by atoms with Crippen LogP contribution in [-0.4, -0.2) is 46.5 Å². The summed E-state index contributed by atoms with van der Waals surface area (Å²) in [5.41, 5.74) is 3.71. The summed E-state index contributed by atoms with van der Waals surface area (Å²) in [6, 6.07) is 23.7. The standard InChI is InChI=1S/C23H21N3O3/c27-23(28)26-13-14-29-20(16-26)19-11-12-21(24-15-19)25-22(17-7-3-1-4-8-17)18-9-5-2-6-10-18/h1-12,15,20H,13-14,16H2,(H,27,28)/t20-/m1/s1. The number of hydrogen-bond donors (Lipinski definition) is 1. The molecule has 0 bridgehead atoms. The van der Waals surface area contributed by atoms with E-state index in [2.05, 4.69) is 4.98 Å². The van der Waals surface area contributed by atoms with Crippen LogP contribution in [0.5, 0.6) is 0 Å². The van der Waals surface area contributed by atoms with Crippen LogP contribution >= 0.6 is 0 Å². The van der Waals surface area contributed by atoms with Crippen molar-refractivity contribution in [3.8, 4) is 0 Å². The highest BCUT2D eigenvalue weighted by atomic mass is 16.5. The van der Waals surface area contributed by atoms with Gasteiger partial charge in [0.05, 0.1) is 18.9 Å². The molecule has 0 radical (unpaired) electrons. The van der Waals surface area contributed by atoms with Gasteiger partial charge in [-0.25, -0.2) is 14.8 Å². The van der Waals surface area contributed by atoms with Crippen LogP contribution in [0.15, 0.2) is 84.0 Å². The molecule has 0 spiro atoms. The number of pyridine rings is 1. The molecule has 2 aromatic carbocycles. The van der Waals surface area contributed by atoms with Crippen molar-refractivity contribution in [2.24, 2.45) is 4.99 Å². The van der Waals surface area contributed by atoms with Gasteiger partial charge in [0.25, 0.3) is 0 Å². The number of aliphatic imine (C=N–C) groups is 1. The summed E-state index contributed by atoms with van der Waals surface area (Å²) in [5.74, 6) is 0.586. The van der Waals surface area contributed by atoms with E-state index in [-0.39, 0.29) is 6.10 Å². The van der Waals surface area contributed by atoms with Crippen LogP contribution in [-0.2, 0) is 4.74 Å². The molecule has 1 aliphatic rings. The molecule has 0 unspecified atom stereocenters. The van der Waals surface area contributed by atoms with Gasteiger partial charge in [0.1, 0.15) is 6.10 Å². The lowest BCUT2D eigenvalue weighted by Crippen LogP contribution is -2.41. The summed E-state index contributed by atoms with van der Waals surface area (Å²) in [4.78, 5) is 21.8. The van der Waals surface area contributed by atoms with E-state index in [9.17, 15) is 9.90 Å². The summed E-state index contributed by atoms with van der Waals surface area (Å²) in [6.45, 7) is 1.07. The van der Waals surface area contributed by atoms with E-state index in [4.69, 9.17) is 9.73 Å². The van der Waals surface area contributed by atoms with Gasteiger partial charge in [-0.1, -0.05) is 66.7 Å².